The van der Waals surface area contributed by atoms with Gasteiger partial charge in [-0.1, -0.05) is 13.8 Å². The van der Waals surface area contributed by atoms with Gasteiger partial charge in [0.05, 0.1) is 11.7 Å². The molecule has 0 fully saturated rings. The highest BCUT2D eigenvalue weighted by Gasteiger charge is 2.15. The van der Waals surface area contributed by atoms with Gasteiger partial charge in [0.15, 0.2) is 0 Å². The van der Waals surface area contributed by atoms with Crippen molar-refractivity contribution in [3.63, 3.8) is 0 Å². The summed E-state index contributed by atoms with van der Waals surface area (Å²) in [6.07, 6.45) is 3.96. The summed E-state index contributed by atoms with van der Waals surface area (Å²) in [6.45, 7) is 5.16. The van der Waals surface area contributed by atoms with Crippen LogP contribution in [0.2, 0.25) is 0 Å². The van der Waals surface area contributed by atoms with Gasteiger partial charge in [-0.15, -0.1) is 0 Å². The standard InChI is InChI=1S/C13H18BrN5/c1-9(2)7-19-12(17-8-18-19)6-11(15)13-10(14)4-3-5-16-13/h3-5,8-9,11H,6-7,15H2,1-2H3. The van der Waals surface area contributed by atoms with Crippen LogP contribution in [0.15, 0.2) is 29.1 Å². The third kappa shape index (κ3) is 3.61. The van der Waals surface area contributed by atoms with E-state index < -0.39 is 0 Å². The fraction of sp³-hybridized carbons (Fsp3) is 0.462. The monoisotopic (exact) mass is 323 g/mol. The fourth-order valence-electron chi connectivity index (χ4n) is 1.91. The number of hydrogen-bond donors (Lipinski definition) is 1. The van der Waals surface area contributed by atoms with Crippen molar-refractivity contribution >= 4 is 15.9 Å². The van der Waals surface area contributed by atoms with Crippen LogP contribution in [0.25, 0.3) is 0 Å². The first-order valence-corrected chi connectivity index (χ1v) is 7.10. The SMILES string of the molecule is CC(C)Cn1ncnc1CC(N)c1ncccc1Br. The van der Waals surface area contributed by atoms with Gasteiger partial charge in [-0.2, -0.15) is 5.10 Å². The van der Waals surface area contributed by atoms with Crippen molar-refractivity contribution in [2.45, 2.75) is 32.9 Å². The molecule has 5 nitrogen and oxygen atoms in total. The van der Waals surface area contributed by atoms with E-state index >= 15 is 0 Å². The highest BCUT2D eigenvalue weighted by atomic mass is 79.9. The first-order valence-electron chi connectivity index (χ1n) is 6.30. The van der Waals surface area contributed by atoms with Gasteiger partial charge in [-0.25, -0.2) is 9.67 Å². The van der Waals surface area contributed by atoms with E-state index in [0.717, 1.165) is 22.5 Å². The van der Waals surface area contributed by atoms with Crippen molar-refractivity contribution in [3.8, 4) is 0 Å². The molecule has 1 atom stereocenters. The smallest absolute Gasteiger partial charge is 0.138 e. The van der Waals surface area contributed by atoms with E-state index in [2.05, 4.69) is 44.8 Å². The zero-order valence-corrected chi connectivity index (χ0v) is 12.7. The normalized spacial score (nSPS) is 12.9. The lowest BCUT2D eigenvalue weighted by molar-refractivity contribution is 0.458. The molecule has 0 bridgehead atoms. The highest BCUT2D eigenvalue weighted by molar-refractivity contribution is 9.10. The Morgan fingerprint density at radius 1 is 1.37 bits per heavy atom. The van der Waals surface area contributed by atoms with Gasteiger partial charge in [0.1, 0.15) is 12.2 Å². The van der Waals surface area contributed by atoms with Gasteiger partial charge in [0.2, 0.25) is 0 Å². The molecule has 0 aliphatic carbocycles. The van der Waals surface area contributed by atoms with Crippen molar-refractivity contribution in [3.05, 3.63) is 40.6 Å². The van der Waals surface area contributed by atoms with Crippen molar-refractivity contribution in [2.24, 2.45) is 11.7 Å². The minimum absolute atomic E-state index is 0.189. The summed E-state index contributed by atoms with van der Waals surface area (Å²) in [7, 11) is 0. The van der Waals surface area contributed by atoms with Crippen LogP contribution in [0.1, 0.15) is 31.4 Å². The molecule has 2 rings (SSSR count). The lowest BCUT2D eigenvalue weighted by atomic mass is 10.1. The molecule has 0 aliphatic heterocycles. The average molecular weight is 324 g/mol. The van der Waals surface area contributed by atoms with Gasteiger partial charge < -0.3 is 5.73 Å². The molecule has 2 aromatic rings. The summed E-state index contributed by atoms with van der Waals surface area (Å²) >= 11 is 3.47. The Morgan fingerprint density at radius 2 is 2.16 bits per heavy atom. The van der Waals surface area contributed by atoms with E-state index in [0.29, 0.717) is 12.3 Å². The fourth-order valence-corrected chi connectivity index (χ4v) is 2.46. The number of hydrogen-bond acceptors (Lipinski definition) is 4. The maximum absolute atomic E-state index is 6.21. The predicted molar refractivity (Wildman–Crippen MR) is 77.4 cm³/mol. The molecular formula is C13H18BrN5. The molecule has 2 N–H and O–H groups in total. The molecule has 19 heavy (non-hydrogen) atoms. The van der Waals surface area contributed by atoms with Crippen LogP contribution >= 0.6 is 15.9 Å². The summed E-state index contributed by atoms with van der Waals surface area (Å²) in [5, 5.41) is 4.24. The Hall–Kier alpha value is -1.27. The number of pyridine rings is 1. The third-order valence-corrected chi connectivity index (χ3v) is 3.45. The first-order chi connectivity index (χ1) is 9.08. The zero-order chi connectivity index (χ0) is 13.8. The van der Waals surface area contributed by atoms with Crippen molar-refractivity contribution < 1.29 is 0 Å². The van der Waals surface area contributed by atoms with E-state index in [1.807, 2.05) is 16.8 Å². The van der Waals surface area contributed by atoms with Crippen molar-refractivity contribution in [2.75, 3.05) is 0 Å². The van der Waals surface area contributed by atoms with Crippen LogP contribution in [-0.4, -0.2) is 19.7 Å². The van der Waals surface area contributed by atoms with Crippen LogP contribution in [0, 0.1) is 5.92 Å². The highest BCUT2D eigenvalue weighted by Crippen LogP contribution is 2.21. The summed E-state index contributed by atoms with van der Waals surface area (Å²) in [4.78, 5) is 8.61. The number of halogens is 1. The first kappa shape index (κ1) is 14.1. The topological polar surface area (TPSA) is 69.6 Å². The number of nitrogens with two attached hydrogens (primary N) is 1. The molecule has 2 aromatic heterocycles. The molecule has 102 valence electrons. The summed E-state index contributed by atoms with van der Waals surface area (Å²) in [6, 6.07) is 3.63. The molecule has 0 amide bonds. The predicted octanol–water partition coefficient (Wildman–Crippen LogP) is 2.33. The van der Waals surface area contributed by atoms with E-state index in [4.69, 9.17) is 5.73 Å². The Bertz CT molecular complexity index is 537. The number of rotatable bonds is 5. The van der Waals surface area contributed by atoms with Gasteiger partial charge in [-0.05, 0) is 34.0 Å². The zero-order valence-electron chi connectivity index (χ0n) is 11.1. The van der Waals surface area contributed by atoms with E-state index in [1.165, 1.54) is 0 Å². The van der Waals surface area contributed by atoms with Gasteiger partial charge >= 0.3 is 0 Å². The van der Waals surface area contributed by atoms with Gasteiger partial charge in [0, 0.05) is 23.6 Å². The molecule has 0 saturated carbocycles. The second-order valence-electron chi connectivity index (χ2n) is 4.93. The number of aromatic nitrogens is 4. The Morgan fingerprint density at radius 3 is 2.84 bits per heavy atom. The van der Waals surface area contributed by atoms with Crippen LogP contribution < -0.4 is 5.73 Å². The van der Waals surface area contributed by atoms with Crippen LogP contribution in [0.5, 0.6) is 0 Å². The van der Waals surface area contributed by atoms with Crippen molar-refractivity contribution in [1.82, 2.24) is 19.7 Å². The quantitative estimate of drug-likeness (QED) is 0.916. The molecule has 0 aliphatic rings. The average Bonchev–Trinajstić information content (AvgIpc) is 2.76. The van der Waals surface area contributed by atoms with Crippen LogP contribution in [0.3, 0.4) is 0 Å². The van der Waals surface area contributed by atoms with Crippen molar-refractivity contribution in [1.29, 1.82) is 0 Å². The Balaban J connectivity index is 2.13. The lowest BCUT2D eigenvalue weighted by Crippen LogP contribution is -2.19. The summed E-state index contributed by atoms with van der Waals surface area (Å²) in [5.41, 5.74) is 7.06. The Kier molecular flexibility index (Phi) is 4.66. The van der Waals surface area contributed by atoms with E-state index in [-0.39, 0.29) is 6.04 Å². The molecular weight excluding hydrogens is 306 g/mol. The summed E-state index contributed by atoms with van der Waals surface area (Å²) in [5.74, 6) is 1.43. The maximum atomic E-state index is 6.21. The molecule has 0 spiro atoms. The van der Waals surface area contributed by atoms with Crippen LogP contribution in [0.4, 0.5) is 0 Å². The second kappa shape index (κ2) is 6.25. The van der Waals surface area contributed by atoms with E-state index in [9.17, 15) is 0 Å². The number of nitrogens with zero attached hydrogens (tertiary/aromatic N) is 4. The minimum atomic E-state index is -0.189. The lowest BCUT2D eigenvalue weighted by Gasteiger charge is -2.14. The molecule has 0 saturated heterocycles. The summed E-state index contributed by atoms with van der Waals surface area (Å²) < 4.78 is 2.85. The Labute approximate surface area is 121 Å². The minimum Gasteiger partial charge on any atom is -0.322 e. The molecule has 2 heterocycles. The molecule has 0 aromatic carbocycles. The van der Waals surface area contributed by atoms with Gasteiger partial charge in [-0.3, -0.25) is 4.98 Å². The molecule has 0 radical (unpaired) electrons. The third-order valence-electron chi connectivity index (χ3n) is 2.77. The van der Waals surface area contributed by atoms with E-state index in [1.54, 1.807) is 12.5 Å². The van der Waals surface area contributed by atoms with Gasteiger partial charge in [0.25, 0.3) is 0 Å². The molecule has 6 heteroatoms. The largest absolute Gasteiger partial charge is 0.322 e. The molecule has 1 unspecified atom stereocenters. The van der Waals surface area contributed by atoms with Crippen LogP contribution in [-0.2, 0) is 13.0 Å². The maximum Gasteiger partial charge on any atom is 0.138 e. The second-order valence-corrected chi connectivity index (χ2v) is 5.79.